The lowest BCUT2D eigenvalue weighted by Gasteiger charge is -2.18. The van der Waals surface area contributed by atoms with E-state index in [4.69, 9.17) is 4.74 Å². The third-order valence-electron chi connectivity index (χ3n) is 4.33. The SMILES string of the molecule is COc1ccc([C@@H](CC(=O)Nc2cccc3ccccc23)NS(C)(=O)=O)cc1. The summed E-state index contributed by atoms with van der Waals surface area (Å²) >= 11 is 0. The fourth-order valence-electron chi connectivity index (χ4n) is 3.04. The van der Waals surface area contributed by atoms with E-state index < -0.39 is 16.1 Å². The predicted molar refractivity (Wildman–Crippen MR) is 111 cm³/mol. The number of methoxy groups -OCH3 is 1. The fourth-order valence-corrected chi connectivity index (χ4v) is 3.78. The van der Waals surface area contributed by atoms with E-state index in [1.165, 1.54) is 0 Å². The maximum Gasteiger partial charge on any atom is 0.226 e. The Labute approximate surface area is 164 Å². The molecule has 7 heteroatoms. The largest absolute Gasteiger partial charge is 0.497 e. The lowest BCUT2D eigenvalue weighted by molar-refractivity contribution is -0.116. The predicted octanol–water partition coefficient (Wildman–Crippen LogP) is 3.47. The van der Waals surface area contributed by atoms with Crippen molar-refractivity contribution in [3.05, 3.63) is 72.3 Å². The van der Waals surface area contributed by atoms with Crippen LogP contribution in [0, 0.1) is 0 Å². The lowest BCUT2D eigenvalue weighted by atomic mass is 10.0. The van der Waals surface area contributed by atoms with Crippen LogP contribution in [0.15, 0.2) is 66.7 Å². The average molecular weight is 398 g/mol. The molecule has 3 aromatic rings. The molecule has 0 aromatic heterocycles. The number of amides is 1. The number of nitrogens with one attached hydrogen (secondary N) is 2. The van der Waals surface area contributed by atoms with E-state index in [9.17, 15) is 13.2 Å². The van der Waals surface area contributed by atoms with Crippen LogP contribution in [0.25, 0.3) is 10.8 Å². The molecular formula is C21H22N2O4S. The van der Waals surface area contributed by atoms with E-state index in [1.807, 2.05) is 42.5 Å². The van der Waals surface area contributed by atoms with E-state index in [1.54, 1.807) is 31.4 Å². The number of rotatable bonds is 7. The van der Waals surface area contributed by atoms with Gasteiger partial charge in [0.2, 0.25) is 15.9 Å². The molecule has 3 aromatic carbocycles. The summed E-state index contributed by atoms with van der Waals surface area (Å²) in [6.45, 7) is 0. The zero-order chi connectivity index (χ0) is 20.1. The molecule has 0 radical (unpaired) electrons. The van der Waals surface area contributed by atoms with Crippen molar-refractivity contribution in [2.75, 3.05) is 18.7 Å². The third kappa shape index (κ3) is 5.09. The number of carbonyl (C=O) groups is 1. The standard InChI is InChI=1S/C21H22N2O4S/c1-27-17-12-10-16(11-13-17)20(23-28(2,25)26)14-21(24)22-19-9-5-7-15-6-3-4-8-18(15)19/h3-13,20,23H,14H2,1-2H3,(H,22,24)/t20-/m1/s1. The summed E-state index contributed by atoms with van der Waals surface area (Å²) in [4.78, 5) is 12.7. The molecule has 0 heterocycles. The molecule has 28 heavy (non-hydrogen) atoms. The Balaban J connectivity index is 1.82. The number of anilines is 1. The number of ether oxygens (including phenoxy) is 1. The van der Waals surface area contributed by atoms with Crippen LogP contribution in [0.2, 0.25) is 0 Å². The number of sulfonamides is 1. The Hall–Kier alpha value is -2.90. The molecule has 1 amide bonds. The van der Waals surface area contributed by atoms with Crippen LogP contribution in [-0.4, -0.2) is 27.7 Å². The molecule has 146 valence electrons. The Kier molecular flexibility index (Phi) is 5.96. The zero-order valence-corrected chi connectivity index (χ0v) is 16.5. The molecule has 6 nitrogen and oxygen atoms in total. The Morgan fingerprint density at radius 1 is 1.00 bits per heavy atom. The van der Waals surface area contributed by atoms with Gasteiger partial charge in [-0.2, -0.15) is 0 Å². The number of hydrogen-bond donors (Lipinski definition) is 2. The second kappa shape index (κ2) is 8.41. The molecule has 0 bridgehead atoms. The third-order valence-corrected chi connectivity index (χ3v) is 5.04. The van der Waals surface area contributed by atoms with Crippen LogP contribution in [0.4, 0.5) is 5.69 Å². The quantitative estimate of drug-likeness (QED) is 0.638. The van der Waals surface area contributed by atoms with Crippen molar-refractivity contribution in [1.29, 1.82) is 0 Å². The molecule has 0 saturated heterocycles. The minimum atomic E-state index is -3.50. The summed E-state index contributed by atoms with van der Waals surface area (Å²) in [6, 6.07) is 19.7. The first-order chi connectivity index (χ1) is 13.4. The van der Waals surface area contributed by atoms with Gasteiger partial charge in [-0.05, 0) is 29.1 Å². The minimum Gasteiger partial charge on any atom is -0.497 e. The number of fused-ring (bicyclic) bond motifs is 1. The van der Waals surface area contributed by atoms with Crippen molar-refractivity contribution in [2.24, 2.45) is 0 Å². The highest BCUT2D eigenvalue weighted by atomic mass is 32.2. The van der Waals surface area contributed by atoms with E-state index in [-0.39, 0.29) is 12.3 Å². The maximum atomic E-state index is 12.7. The van der Waals surface area contributed by atoms with E-state index in [2.05, 4.69) is 10.0 Å². The van der Waals surface area contributed by atoms with Gasteiger partial charge in [0.1, 0.15) is 5.75 Å². The van der Waals surface area contributed by atoms with Gasteiger partial charge in [-0.25, -0.2) is 13.1 Å². The average Bonchev–Trinajstić information content (AvgIpc) is 2.67. The highest BCUT2D eigenvalue weighted by Crippen LogP contribution is 2.25. The smallest absolute Gasteiger partial charge is 0.226 e. The van der Waals surface area contributed by atoms with Crippen molar-refractivity contribution in [1.82, 2.24) is 4.72 Å². The van der Waals surface area contributed by atoms with Gasteiger partial charge < -0.3 is 10.1 Å². The molecule has 0 aliphatic rings. The van der Waals surface area contributed by atoms with Crippen molar-refractivity contribution in [2.45, 2.75) is 12.5 Å². The van der Waals surface area contributed by atoms with Gasteiger partial charge >= 0.3 is 0 Å². The highest BCUT2D eigenvalue weighted by molar-refractivity contribution is 7.88. The summed E-state index contributed by atoms with van der Waals surface area (Å²) < 4.78 is 31.2. The molecule has 3 rings (SSSR count). The number of benzene rings is 3. The molecule has 0 saturated carbocycles. The molecular weight excluding hydrogens is 376 g/mol. The van der Waals surface area contributed by atoms with Gasteiger partial charge in [-0.15, -0.1) is 0 Å². The van der Waals surface area contributed by atoms with E-state index >= 15 is 0 Å². The molecule has 1 atom stereocenters. The van der Waals surface area contributed by atoms with Crippen molar-refractivity contribution in [3.8, 4) is 5.75 Å². The van der Waals surface area contributed by atoms with Crippen molar-refractivity contribution >= 4 is 32.4 Å². The van der Waals surface area contributed by atoms with Crippen LogP contribution >= 0.6 is 0 Å². The van der Waals surface area contributed by atoms with Crippen molar-refractivity contribution < 1.29 is 17.9 Å². The summed E-state index contributed by atoms with van der Waals surface area (Å²) in [6.07, 6.45) is 1.04. The number of carbonyl (C=O) groups excluding carboxylic acids is 1. The normalized spacial score (nSPS) is 12.5. The molecule has 2 N–H and O–H groups in total. The van der Waals surface area contributed by atoms with Crippen LogP contribution in [-0.2, 0) is 14.8 Å². The molecule has 0 spiro atoms. The Morgan fingerprint density at radius 3 is 2.36 bits per heavy atom. The first kappa shape index (κ1) is 19.9. The van der Waals surface area contributed by atoms with Crippen LogP contribution < -0.4 is 14.8 Å². The van der Waals surface area contributed by atoms with Crippen LogP contribution in [0.3, 0.4) is 0 Å². The van der Waals surface area contributed by atoms with E-state index in [0.717, 1.165) is 17.0 Å². The van der Waals surface area contributed by atoms with Gasteiger partial charge in [0.15, 0.2) is 0 Å². The van der Waals surface area contributed by atoms with Gasteiger partial charge in [0, 0.05) is 17.5 Å². The number of hydrogen-bond acceptors (Lipinski definition) is 4. The summed E-state index contributed by atoms with van der Waals surface area (Å²) in [7, 11) is -1.95. The topological polar surface area (TPSA) is 84.5 Å². The summed E-state index contributed by atoms with van der Waals surface area (Å²) in [5.41, 5.74) is 1.37. The second-order valence-corrected chi connectivity index (χ2v) is 8.27. The minimum absolute atomic E-state index is 0.0391. The molecule has 0 aliphatic carbocycles. The first-order valence-electron chi connectivity index (χ1n) is 8.74. The van der Waals surface area contributed by atoms with Gasteiger partial charge in [-0.1, -0.05) is 48.5 Å². The highest BCUT2D eigenvalue weighted by Gasteiger charge is 2.20. The molecule has 0 aliphatic heterocycles. The Morgan fingerprint density at radius 2 is 1.68 bits per heavy atom. The zero-order valence-electron chi connectivity index (χ0n) is 15.7. The van der Waals surface area contributed by atoms with E-state index in [0.29, 0.717) is 17.0 Å². The summed E-state index contributed by atoms with van der Waals surface area (Å²) in [5, 5.41) is 4.84. The molecule has 0 unspecified atom stereocenters. The Bertz CT molecular complexity index is 1070. The fraction of sp³-hybridized carbons (Fsp3) is 0.190. The summed E-state index contributed by atoms with van der Waals surface area (Å²) in [5.74, 6) is 0.371. The van der Waals surface area contributed by atoms with Gasteiger partial charge in [-0.3, -0.25) is 4.79 Å². The maximum absolute atomic E-state index is 12.7. The van der Waals surface area contributed by atoms with Gasteiger partial charge in [0.05, 0.1) is 19.4 Å². The first-order valence-corrected chi connectivity index (χ1v) is 10.6. The lowest BCUT2D eigenvalue weighted by Crippen LogP contribution is -2.30. The van der Waals surface area contributed by atoms with Gasteiger partial charge in [0.25, 0.3) is 0 Å². The van der Waals surface area contributed by atoms with Crippen LogP contribution in [0.5, 0.6) is 5.75 Å². The second-order valence-electron chi connectivity index (χ2n) is 6.49. The molecule has 0 fully saturated rings. The monoisotopic (exact) mass is 398 g/mol. The van der Waals surface area contributed by atoms with Crippen LogP contribution in [0.1, 0.15) is 18.0 Å². The van der Waals surface area contributed by atoms with Crippen molar-refractivity contribution in [3.63, 3.8) is 0 Å².